The smallest absolute Gasteiger partial charge is 0.249 e. The molecule has 1 unspecified atom stereocenters. The number of nitrogens with one attached hydrogen (secondary N) is 1. The molecule has 0 radical (unpaired) electrons. The molecule has 132 valence electrons. The Kier molecular flexibility index (Phi) is 4.16. The Balaban J connectivity index is 1.70. The number of pyridine rings is 1. The largest absolute Gasteiger partial charge is 0.351 e. The van der Waals surface area contributed by atoms with Crippen molar-refractivity contribution in [1.82, 2.24) is 25.3 Å². The van der Waals surface area contributed by atoms with E-state index in [1.807, 2.05) is 0 Å². The van der Waals surface area contributed by atoms with Crippen LogP contribution in [0.4, 0.5) is 8.78 Å². The highest BCUT2D eigenvalue weighted by Gasteiger charge is 2.30. The number of hydrogen-bond acceptors (Lipinski definition) is 4. The van der Waals surface area contributed by atoms with Gasteiger partial charge in [0.15, 0.2) is 11.9 Å². The van der Waals surface area contributed by atoms with Gasteiger partial charge in [-0.1, -0.05) is 17.3 Å². The van der Waals surface area contributed by atoms with Crippen LogP contribution in [0.15, 0.2) is 48.8 Å². The van der Waals surface area contributed by atoms with Crippen LogP contribution in [0.25, 0.3) is 11.4 Å². The third kappa shape index (κ3) is 3.30. The van der Waals surface area contributed by atoms with Gasteiger partial charge in [0.2, 0.25) is 5.91 Å². The molecule has 0 saturated heterocycles. The van der Waals surface area contributed by atoms with Crippen molar-refractivity contribution in [2.45, 2.75) is 24.9 Å². The molecular weight excluding hydrogens is 340 g/mol. The fourth-order valence-corrected chi connectivity index (χ4v) is 2.66. The minimum Gasteiger partial charge on any atom is -0.351 e. The van der Waals surface area contributed by atoms with Crippen molar-refractivity contribution < 1.29 is 13.6 Å². The zero-order chi connectivity index (χ0) is 18.1. The molecule has 1 amide bonds. The lowest BCUT2D eigenvalue weighted by molar-refractivity contribution is -0.123. The van der Waals surface area contributed by atoms with Gasteiger partial charge in [0.1, 0.15) is 17.2 Å². The molecule has 1 N–H and O–H groups in total. The molecule has 1 aliphatic carbocycles. The van der Waals surface area contributed by atoms with Gasteiger partial charge in [-0.3, -0.25) is 9.78 Å². The Morgan fingerprint density at radius 1 is 1.19 bits per heavy atom. The van der Waals surface area contributed by atoms with Gasteiger partial charge in [0.25, 0.3) is 0 Å². The second kappa shape index (κ2) is 6.62. The SMILES string of the molecule is O=C(NC1CC1)C(c1ccc(F)cc1)n1cc(-c2ncccc2F)nn1. The maximum atomic E-state index is 13.9. The first-order chi connectivity index (χ1) is 12.6. The van der Waals surface area contributed by atoms with Crippen LogP contribution < -0.4 is 5.32 Å². The van der Waals surface area contributed by atoms with Gasteiger partial charge >= 0.3 is 0 Å². The number of amides is 1. The second-order valence-corrected chi connectivity index (χ2v) is 6.15. The van der Waals surface area contributed by atoms with Crippen molar-refractivity contribution in [3.05, 3.63) is 66.0 Å². The standard InChI is InChI=1S/C18H15F2N5O/c19-12-5-3-11(4-6-12)17(18(26)22-13-7-8-13)25-10-15(23-24-25)16-14(20)2-1-9-21-16/h1-6,9-10,13,17H,7-8H2,(H,22,26). The van der Waals surface area contributed by atoms with E-state index in [0.29, 0.717) is 5.56 Å². The van der Waals surface area contributed by atoms with E-state index in [4.69, 9.17) is 0 Å². The molecule has 1 aromatic carbocycles. The van der Waals surface area contributed by atoms with E-state index in [9.17, 15) is 13.6 Å². The predicted molar refractivity (Wildman–Crippen MR) is 88.9 cm³/mol. The van der Waals surface area contributed by atoms with Gasteiger partial charge in [-0.2, -0.15) is 0 Å². The van der Waals surface area contributed by atoms with E-state index < -0.39 is 17.7 Å². The summed E-state index contributed by atoms with van der Waals surface area (Å²) in [5.41, 5.74) is 0.830. The molecule has 1 saturated carbocycles. The average Bonchev–Trinajstić information content (AvgIpc) is 3.32. The van der Waals surface area contributed by atoms with Gasteiger partial charge in [-0.25, -0.2) is 13.5 Å². The highest BCUT2D eigenvalue weighted by Crippen LogP contribution is 2.25. The molecule has 0 aliphatic heterocycles. The number of nitrogens with zero attached hydrogens (tertiary/aromatic N) is 4. The maximum Gasteiger partial charge on any atom is 0.249 e. The lowest BCUT2D eigenvalue weighted by Crippen LogP contribution is -2.35. The van der Waals surface area contributed by atoms with Crippen LogP contribution >= 0.6 is 0 Å². The van der Waals surface area contributed by atoms with Gasteiger partial charge in [-0.15, -0.1) is 5.10 Å². The Labute approximate surface area is 147 Å². The summed E-state index contributed by atoms with van der Waals surface area (Å²) < 4.78 is 28.5. The molecule has 2 heterocycles. The van der Waals surface area contributed by atoms with E-state index in [-0.39, 0.29) is 23.3 Å². The summed E-state index contributed by atoms with van der Waals surface area (Å²) in [4.78, 5) is 16.7. The maximum absolute atomic E-state index is 13.9. The van der Waals surface area contributed by atoms with Gasteiger partial charge in [-0.05, 0) is 42.7 Å². The third-order valence-electron chi connectivity index (χ3n) is 4.13. The number of rotatable bonds is 5. The number of halogens is 2. The zero-order valence-corrected chi connectivity index (χ0v) is 13.6. The van der Waals surface area contributed by atoms with Gasteiger partial charge < -0.3 is 5.32 Å². The van der Waals surface area contributed by atoms with Crippen molar-refractivity contribution in [2.24, 2.45) is 0 Å². The quantitative estimate of drug-likeness (QED) is 0.763. The summed E-state index contributed by atoms with van der Waals surface area (Å²) in [6, 6.07) is 7.69. The van der Waals surface area contributed by atoms with Gasteiger partial charge in [0.05, 0.1) is 6.20 Å². The number of hydrogen-bond donors (Lipinski definition) is 1. The normalized spacial score (nSPS) is 14.8. The van der Waals surface area contributed by atoms with Crippen molar-refractivity contribution in [2.75, 3.05) is 0 Å². The topological polar surface area (TPSA) is 72.7 Å². The average molecular weight is 355 g/mol. The fourth-order valence-electron chi connectivity index (χ4n) is 2.66. The minimum absolute atomic E-state index is 0.0548. The molecular formula is C18H15F2N5O. The summed E-state index contributed by atoms with van der Waals surface area (Å²) in [5, 5.41) is 10.8. The monoisotopic (exact) mass is 355 g/mol. The van der Waals surface area contributed by atoms with Crippen LogP contribution in [-0.4, -0.2) is 31.9 Å². The molecule has 1 atom stereocenters. The number of carbonyl (C=O) groups excluding carboxylic acids is 1. The van der Waals surface area contributed by atoms with Crippen molar-refractivity contribution in [1.29, 1.82) is 0 Å². The summed E-state index contributed by atoms with van der Waals surface area (Å²) in [6.45, 7) is 0. The third-order valence-corrected chi connectivity index (χ3v) is 4.13. The summed E-state index contributed by atoms with van der Waals surface area (Å²) >= 11 is 0. The molecule has 4 rings (SSSR count). The Morgan fingerprint density at radius 3 is 2.65 bits per heavy atom. The molecule has 3 aromatic rings. The first kappa shape index (κ1) is 16.3. The Hall–Kier alpha value is -3.16. The highest BCUT2D eigenvalue weighted by molar-refractivity contribution is 5.84. The fraction of sp³-hybridized carbons (Fsp3) is 0.222. The zero-order valence-electron chi connectivity index (χ0n) is 13.6. The lowest BCUT2D eigenvalue weighted by atomic mass is 10.1. The predicted octanol–water partition coefficient (Wildman–Crippen LogP) is 2.49. The number of benzene rings is 1. The first-order valence-corrected chi connectivity index (χ1v) is 8.20. The van der Waals surface area contributed by atoms with Crippen molar-refractivity contribution >= 4 is 5.91 Å². The molecule has 1 fully saturated rings. The van der Waals surface area contributed by atoms with Gasteiger partial charge in [0, 0.05) is 12.2 Å². The summed E-state index contributed by atoms with van der Waals surface area (Å²) in [6.07, 6.45) is 4.79. The van der Waals surface area contributed by atoms with E-state index in [2.05, 4.69) is 20.6 Å². The minimum atomic E-state index is -0.829. The van der Waals surface area contributed by atoms with Crippen LogP contribution in [0, 0.1) is 11.6 Å². The molecule has 0 bridgehead atoms. The van der Waals surface area contributed by atoms with Crippen LogP contribution in [0.2, 0.25) is 0 Å². The van der Waals surface area contributed by atoms with E-state index >= 15 is 0 Å². The Morgan fingerprint density at radius 2 is 1.96 bits per heavy atom. The highest BCUT2D eigenvalue weighted by atomic mass is 19.1. The first-order valence-electron chi connectivity index (χ1n) is 8.20. The molecule has 8 heteroatoms. The number of aromatic nitrogens is 4. The Bertz CT molecular complexity index is 937. The second-order valence-electron chi connectivity index (χ2n) is 6.15. The van der Waals surface area contributed by atoms with Crippen molar-refractivity contribution in [3.63, 3.8) is 0 Å². The van der Waals surface area contributed by atoms with Crippen LogP contribution in [0.3, 0.4) is 0 Å². The molecule has 1 aliphatic rings. The van der Waals surface area contributed by atoms with E-state index in [1.54, 1.807) is 0 Å². The lowest BCUT2D eigenvalue weighted by Gasteiger charge is -2.17. The molecule has 6 nitrogen and oxygen atoms in total. The van der Waals surface area contributed by atoms with Crippen LogP contribution in [0.5, 0.6) is 0 Å². The molecule has 0 spiro atoms. The van der Waals surface area contributed by atoms with E-state index in [1.165, 1.54) is 53.5 Å². The number of carbonyl (C=O) groups is 1. The van der Waals surface area contributed by atoms with Crippen LogP contribution in [0.1, 0.15) is 24.4 Å². The van der Waals surface area contributed by atoms with E-state index in [0.717, 1.165) is 12.8 Å². The van der Waals surface area contributed by atoms with Crippen LogP contribution in [-0.2, 0) is 4.79 Å². The summed E-state index contributed by atoms with van der Waals surface area (Å²) in [5.74, 6) is -1.19. The molecule has 26 heavy (non-hydrogen) atoms. The van der Waals surface area contributed by atoms with Crippen molar-refractivity contribution in [3.8, 4) is 11.4 Å². The summed E-state index contributed by atoms with van der Waals surface area (Å²) in [7, 11) is 0. The molecule has 2 aromatic heterocycles.